The van der Waals surface area contributed by atoms with Crippen LogP contribution < -0.4 is 0 Å². The smallest absolute Gasteiger partial charge is 0.0924 e. The van der Waals surface area contributed by atoms with Crippen LogP contribution in [-0.4, -0.2) is 34.6 Å². The van der Waals surface area contributed by atoms with Crippen LogP contribution in [0, 0.1) is 0 Å². The number of benzene rings is 2. The minimum atomic E-state index is -0.558. The van der Waals surface area contributed by atoms with E-state index in [0.29, 0.717) is 11.6 Å². The maximum absolute atomic E-state index is 11.7. The Bertz CT molecular complexity index is 1080. The van der Waals surface area contributed by atoms with Gasteiger partial charge in [-0.05, 0) is 55.8 Å². The molecular formula is C37H55ClN2O. The van der Waals surface area contributed by atoms with Gasteiger partial charge in [0.2, 0.25) is 0 Å². The van der Waals surface area contributed by atoms with E-state index in [0.717, 1.165) is 40.8 Å². The van der Waals surface area contributed by atoms with Crippen molar-refractivity contribution in [1.29, 1.82) is 0 Å². The summed E-state index contributed by atoms with van der Waals surface area (Å²) in [6, 6.07) is 18.1. The van der Waals surface area contributed by atoms with Gasteiger partial charge < -0.3 is 10.0 Å². The van der Waals surface area contributed by atoms with Gasteiger partial charge in [0.1, 0.15) is 0 Å². The number of pyridine rings is 1. The van der Waals surface area contributed by atoms with E-state index < -0.39 is 6.10 Å². The van der Waals surface area contributed by atoms with Crippen molar-refractivity contribution >= 4 is 22.5 Å². The summed E-state index contributed by atoms with van der Waals surface area (Å²) >= 11 is 6.15. The SMILES string of the molecule is CCCCCCCCCCN(CCCCCCCCCC)C[C@H](O)c1cc(-c2ccc(Cl)cc2)nc2ccccc12. The van der Waals surface area contributed by atoms with Crippen LogP contribution in [0.15, 0.2) is 54.6 Å². The molecule has 0 amide bonds. The maximum atomic E-state index is 11.7. The number of unbranched alkanes of at least 4 members (excludes halogenated alkanes) is 14. The number of aliphatic hydroxyl groups is 1. The van der Waals surface area contributed by atoms with Crippen molar-refractivity contribution in [3.05, 3.63) is 65.2 Å². The molecule has 1 aromatic heterocycles. The van der Waals surface area contributed by atoms with Crippen molar-refractivity contribution in [2.75, 3.05) is 19.6 Å². The average molecular weight is 579 g/mol. The number of rotatable bonds is 22. The maximum Gasteiger partial charge on any atom is 0.0924 e. The molecule has 3 rings (SSSR count). The summed E-state index contributed by atoms with van der Waals surface area (Å²) in [6.07, 6.45) is 20.7. The van der Waals surface area contributed by atoms with Crippen molar-refractivity contribution in [1.82, 2.24) is 9.88 Å². The van der Waals surface area contributed by atoms with Crippen molar-refractivity contribution < 1.29 is 5.11 Å². The summed E-state index contributed by atoms with van der Waals surface area (Å²) in [6.45, 7) is 7.36. The summed E-state index contributed by atoms with van der Waals surface area (Å²) in [5, 5.41) is 13.4. The fourth-order valence-electron chi connectivity index (χ4n) is 5.82. The lowest BCUT2D eigenvalue weighted by molar-refractivity contribution is 0.111. The molecule has 41 heavy (non-hydrogen) atoms. The second kappa shape index (κ2) is 20.1. The molecule has 3 nitrogen and oxygen atoms in total. The van der Waals surface area contributed by atoms with Crippen molar-refractivity contribution in [3.8, 4) is 11.3 Å². The molecule has 0 aliphatic carbocycles. The van der Waals surface area contributed by atoms with Gasteiger partial charge in [-0.25, -0.2) is 4.98 Å². The molecule has 0 spiro atoms. The predicted octanol–water partition coefficient (Wildman–Crippen LogP) is 11.2. The highest BCUT2D eigenvalue weighted by Gasteiger charge is 2.18. The Hall–Kier alpha value is -1.94. The minimum Gasteiger partial charge on any atom is -0.387 e. The van der Waals surface area contributed by atoms with Gasteiger partial charge in [-0.15, -0.1) is 0 Å². The van der Waals surface area contributed by atoms with E-state index >= 15 is 0 Å². The number of para-hydroxylation sites is 1. The van der Waals surface area contributed by atoms with E-state index in [2.05, 4.69) is 30.9 Å². The van der Waals surface area contributed by atoms with Crippen molar-refractivity contribution in [2.24, 2.45) is 0 Å². The summed E-state index contributed by atoms with van der Waals surface area (Å²) in [4.78, 5) is 7.45. The molecule has 2 aromatic carbocycles. The Balaban J connectivity index is 1.64. The minimum absolute atomic E-state index is 0.558. The van der Waals surface area contributed by atoms with Crippen LogP contribution in [-0.2, 0) is 0 Å². The predicted molar refractivity (Wildman–Crippen MR) is 179 cm³/mol. The molecule has 0 aliphatic heterocycles. The number of fused-ring (bicyclic) bond motifs is 1. The third-order valence-electron chi connectivity index (χ3n) is 8.33. The van der Waals surface area contributed by atoms with Gasteiger partial charge in [0.15, 0.2) is 0 Å². The van der Waals surface area contributed by atoms with Crippen LogP contribution in [0.3, 0.4) is 0 Å². The van der Waals surface area contributed by atoms with Crippen molar-refractivity contribution in [2.45, 2.75) is 123 Å². The van der Waals surface area contributed by atoms with E-state index in [1.165, 1.54) is 103 Å². The first-order chi connectivity index (χ1) is 20.1. The van der Waals surface area contributed by atoms with Crippen LogP contribution in [0.1, 0.15) is 128 Å². The van der Waals surface area contributed by atoms with E-state index in [9.17, 15) is 5.11 Å². The summed E-state index contributed by atoms with van der Waals surface area (Å²) in [7, 11) is 0. The van der Waals surface area contributed by atoms with E-state index in [1.54, 1.807) is 0 Å². The number of nitrogens with zero attached hydrogens (tertiary/aromatic N) is 2. The van der Waals surface area contributed by atoms with Gasteiger partial charge in [-0.3, -0.25) is 0 Å². The molecule has 226 valence electrons. The lowest BCUT2D eigenvalue weighted by atomic mass is 9.99. The second-order valence-electron chi connectivity index (χ2n) is 11.9. The second-order valence-corrected chi connectivity index (χ2v) is 12.3. The zero-order valence-corrected chi connectivity index (χ0v) is 26.7. The number of aliphatic hydroxyl groups excluding tert-OH is 1. The lowest BCUT2D eigenvalue weighted by Gasteiger charge is -2.26. The van der Waals surface area contributed by atoms with Crippen LogP contribution in [0.25, 0.3) is 22.2 Å². The Morgan fingerprint density at radius 3 is 1.76 bits per heavy atom. The van der Waals surface area contributed by atoms with Gasteiger partial charge in [0.25, 0.3) is 0 Å². The first-order valence-corrected chi connectivity index (χ1v) is 17.1. The summed E-state index contributed by atoms with van der Waals surface area (Å²) in [5.41, 5.74) is 3.79. The van der Waals surface area contributed by atoms with Crippen LogP contribution in [0.4, 0.5) is 0 Å². The molecular weight excluding hydrogens is 524 g/mol. The quantitative estimate of drug-likeness (QED) is 0.120. The zero-order chi connectivity index (χ0) is 29.1. The molecule has 0 saturated carbocycles. The molecule has 4 heteroatoms. The molecule has 3 aromatic rings. The molecule has 1 N–H and O–H groups in total. The van der Waals surface area contributed by atoms with E-state index in [1.807, 2.05) is 42.5 Å². The molecule has 1 heterocycles. The summed E-state index contributed by atoms with van der Waals surface area (Å²) < 4.78 is 0. The normalized spacial score (nSPS) is 12.4. The van der Waals surface area contributed by atoms with Gasteiger partial charge in [0.05, 0.1) is 17.3 Å². The number of aromatic nitrogens is 1. The number of hydrogen-bond acceptors (Lipinski definition) is 3. The molecule has 0 aliphatic rings. The molecule has 0 saturated heterocycles. The van der Waals surface area contributed by atoms with Gasteiger partial charge in [-0.1, -0.05) is 146 Å². The number of hydrogen-bond donors (Lipinski definition) is 1. The van der Waals surface area contributed by atoms with Crippen molar-refractivity contribution in [3.63, 3.8) is 0 Å². The first-order valence-electron chi connectivity index (χ1n) is 16.7. The van der Waals surface area contributed by atoms with Gasteiger partial charge in [-0.2, -0.15) is 0 Å². The molecule has 0 unspecified atom stereocenters. The van der Waals surface area contributed by atoms with Gasteiger partial charge >= 0.3 is 0 Å². The van der Waals surface area contributed by atoms with Crippen LogP contribution in [0.2, 0.25) is 5.02 Å². The largest absolute Gasteiger partial charge is 0.387 e. The third kappa shape index (κ3) is 12.4. The zero-order valence-electron chi connectivity index (χ0n) is 25.9. The van der Waals surface area contributed by atoms with Crippen LogP contribution in [0.5, 0.6) is 0 Å². The highest BCUT2D eigenvalue weighted by molar-refractivity contribution is 6.30. The topological polar surface area (TPSA) is 36.4 Å². The fraction of sp³-hybridized carbons (Fsp3) is 0.595. The molecule has 0 radical (unpaired) electrons. The van der Waals surface area contributed by atoms with E-state index in [-0.39, 0.29) is 0 Å². The number of halogens is 1. The highest BCUT2D eigenvalue weighted by atomic mass is 35.5. The van der Waals surface area contributed by atoms with Gasteiger partial charge in [0, 0.05) is 22.5 Å². The Kier molecular flexibility index (Phi) is 16.4. The summed E-state index contributed by atoms with van der Waals surface area (Å²) in [5.74, 6) is 0. The fourth-order valence-corrected chi connectivity index (χ4v) is 5.95. The Morgan fingerprint density at radius 1 is 0.683 bits per heavy atom. The average Bonchev–Trinajstić information content (AvgIpc) is 2.99. The lowest BCUT2D eigenvalue weighted by Crippen LogP contribution is -2.31. The molecule has 0 bridgehead atoms. The van der Waals surface area contributed by atoms with E-state index in [4.69, 9.17) is 16.6 Å². The van der Waals surface area contributed by atoms with Crippen LogP contribution >= 0.6 is 11.6 Å². The molecule has 1 atom stereocenters. The Morgan fingerprint density at radius 2 is 1.20 bits per heavy atom. The highest BCUT2D eigenvalue weighted by Crippen LogP contribution is 2.30. The molecule has 0 fully saturated rings. The first kappa shape index (κ1) is 33.6. The Labute approximate surface area is 255 Å². The standard InChI is InChI=1S/C37H55ClN2O/c1-3-5-7-9-11-13-15-19-27-40(28-20-16-14-12-10-8-6-4-2)30-37(41)34-29-36(31-23-25-32(38)26-24-31)39-35-22-18-17-21-33(34)35/h17-18,21-26,29,37,41H,3-16,19-20,27-28,30H2,1-2H3/t37-/m0/s1. The monoisotopic (exact) mass is 578 g/mol. The third-order valence-corrected chi connectivity index (χ3v) is 8.59.